The SMILES string of the molecule is CCCN1C(=O)[C@@]2(C(C(=O)OCC)=C(N)OC3=C2C(=O)C[C@@H](c2ccccc2)C3)c2ccccc21. The van der Waals surface area contributed by atoms with Crippen LogP contribution in [0, 0.1) is 0 Å². The maximum Gasteiger partial charge on any atom is 0.341 e. The lowest BCUT2D eigenvalue weighted by molar-refractivity contribution is -0.141. The molecule has 0 aromatic heterocycles. The molecule has 0 fully saturated rings. The fourth-order valence-electron chi connectivity index (χ4n) is 5.68. The van der Waals surface area contributed by atoms with Crippen molar-refractivity contribution in [2.24, 2.45) is 5.73 Å². The molecule has 5 rings (SSSR count). The van der Waals surface area contributed by atoms with Gasteiger partial charge in [0.05, 0.1) is 12.2 Å². The zero-order chi connectivity index (χ0) is 24.7. The fourth-order valence-corrected chi connectivity index (χ4v) is 5.68. The zero-order valence-corrected chi connectivity index (χ0v) is 19.9. The second-order valence-electron chi connectivity index (χ2n) is 9.02. The molecule has 7 heteroatoms. The molecule has 7 nitrogen and oxygen atoms in total. The number of anilines is 1. The number of carbonyl (C=O) groups excluding carboxylic acids is 3. The fraction of sp³-hybridized carbons (Fsp3) is 0.321. The molecule has 1 amide bonds. The number of ether oxygens (including phenoxy) is 2. The van der Waals surface area contributed by atoms with Gasteiger partial charge in [0.15, 0.2) is 5.78 Å². The molecule has 0 unspecified atom stereocenters. The summed E-state index contributed by atoms with van der Waals surface area (Å²) in [6, 6.07) is 17.0. The molecule has 2 aliphatic heterocycles. The number of amides is 1. The normalized spacial score (nSPS) is 23.4. The largest absolute Gasteiger partial charge is 0.462 e. The smallest absolute Gasteiger partial charge is 0.341 e. The van der Waals surface area contributed by atoms with Gasteiger partial charge in [-0.2, -0.15) is 0 Å². The Labute approximate surface area is 204 Å². The average Bonchev–Trinajstić information content (AvgIpc) is 3.08. The zero-order valence-electron chi connectivity index (χ0n) is 19.9. The van der Waals surface area contributed by atoms with Gasteiger partial charge in [-0.3, -0.25) is 9.59 Å². The molecule has 35 heavy (non-hydrogen) atoms. The molecule has 2 N–H and O–H groups in total. The molecule has 3 aliphatic rings. The van der Waals surface area contributed by atoms with E-state index in [1.54, 1.807) is 24.0 Å². The molecule has 2 heterocycles. The van der Waals surface area contributed by atoms with Crippen LogP contribution < -0.4 is 10.6 Å². The summed E-state index contributed by atoms with van der Waals surface area (Å²) in [4.78, 5) is 43.2. The highest BCUT2D eigenvalue weighted by atomic mass is 16.5. The van der Waals surface area contributed by atoms with E-state index in [9.17, 15) is 14.4 Å². The maximum absolute atomic E-state index is 14.3. The van der Waals surface area contributed by atoms with Crippen LogP contribution in [0.1, 0.15) is 50.2 Å². The van der Waals surface area contributed by atoms with Crippen molar-refractivity contribution < 1.29 is 23.9 Å². The number of hydrogen-bond donors (Lipinski definition) is 1. The molecule has 1 aliphatic carbocycles. The predicted octanol–water partition coefficient (Wildman–Crippen LogP) is 3.85. The van der Waals surface area contributed by atoms with E-state index in [2.05, 4.69) is 0 Å². The summed E-state index contributed by atoms with van der Waals surface area (Å²) in [5, 5.41) is 0. The molecular formula is C28H28N2O5. The third-order valence-electron chi connectivity index (χ3n) is 7.01. The molecule has 2 aromatic carbocycles. The van der Waals surface area contributed by atoms with E-state index in [4.69, 9.17) is 15.2 Å². The van der Waals surface area contributed by atoms with Crippen molar-refractivity contribution >= 4 is 23.3 Å². The van der Waals surface area contributed by atoms with Crippen molar-refractivity contribution in [2.45, 2.75) is 44.4 Å². The van der Waals surface area contributed by atoms with Crippen LogP contribution >= 0.6 is 0 Å². The number of carbonyl (C=O) groups is 3. The van der Waals surface area contributed by atoms with Crippen LogP contribution in [0.4, 0.5) is 5.69 Å². The third-order valence-corrected chi connectivity index (χ3v) is 7.01. The Morgan fingerprint density at radius 3 is 2.51 bits per heavy atom. The lowest BCUT2D eigenvalue weighted by Gasteiger charge is -2.40. The first-order valence-corrected chi connectivity index (χ1v) is 12.0. The van der Waals surface area contributed by atoms with E-state index in [-0.39, 0.29) is 47.7 Å². The van der Waals surface area contributed by atoms with Gasteiger partial charge < -0.3 is 20.1 Å². The number of nitrogens with two attached hydrogens (primary N) is 1. The monoisotopic (exact) mass is 472 g/mol. The lowest BCUT2D eigenvalue weighted by Crippen LogP contribution is -2.51. The molecular weight excluding hydrogens is 444 g/mol. The summed E-state index contributed by atoms with van der Waals surface area (Å²) in [5.74, 6) is -1.30. The van der Waals surface area contributed by atoms with Crippen molar-refractivity contribution in [3.8, 4) is 0 Å². The Kier molecular flexibility index (Phi) is 5.71. The van der Waals surface area contributed by atoms with Crippen LogP contribution in [0.15, 0.2) is 77.4 Å². The topological polar surface area (TPSA) is 98.9 Å². The summed E-state index contributed by atoms with van der Waals surface area (Å²) < 4.78 is 11.3. The number of ketones is 1. The number of fused-ring (bicyclic) bond motifs is 3. The lowest BCUT2D eigenvalue weighted by atomic mass is 9.63. The molecule has 1 spiro atoms. The maximum atomic E-state index is 14.3. The Morgan fingerprint density at radius 2 is 1.80 bits per heavy atom. The molecule has 2 atom stereocenters. The van der Waals surface area contributed by atoms with Crippen molar-refractivity contribution in [3.63, 3.8) is 0 Å². The van der Waals surface area contributed by atoms with E-state index in [0.29, 0.717) is 36.4 Å². The molecule has 0 bridgehead atoms. The highest BCUT2D eigenvalue weighted by Crippen LogP contribution is 2.57. The van der Waals surface area contributed by atoms with Crippen molar-refractivity contribution in [1.82, 2.24) is 0 Å². The molecule has 180 valence electrons. The highest BCUT2D eigenvalue weighted by Gasteiger charge is 2.64. The Balaban J connectivity index is 1.76. The first-order chi connectivity index (χ1) is 16.9. The summed E-state index contributed by atoms with van der Waals surface area (Å²) in [7, 11) is 0. The number of esters is 1. The molecule has 2 aromatic rings. The Bertz CT molecular complexity index is 1280. The number of benzene rings is 2. The number of rotatable bonds is 5. The Hall–Kier alpha value is -3.87. The number of para-hydroxylation sites is 1. The van der Waals surface area contributed by atoms with E-state index in [1.807, 2.05) is 49.4 Å². The van der Waals surface area contributed by atoms with Crippen molar-refractivity contribution in [1.29, 1.82) is 0 Å². The van der Waals surface area contributed by atoms with Gasteiger partial charge in [-0.05, 0) is 30.9 Å². The van der Waals surface area contributed by atoms with E-state index in [1.165, 1.54) is 0 Å². The van der Waals surface area contributed by atoms with E-state index < -0.39 is 11.4 Å². The molecule has 0 saturated carbocycles. The third kappa shape index (κ3) is 3.29. The van der Waals surface area contributed by atoms with E-state index >= 15 is 0 Å². The van der Waals surface area contributed by atoms with Gasteiger partial charge in [-0.15, -0.1) is 0 Å². The van der Waals surface area contributed by atoms with E-state index in [0.717, 1.165) is 5.56 Å². The minimum atomic E-state index is -1.69. The summed E-state index contributed by atoms with van der Waals surface area (Å²) in [6.45, 7) is 4.19. The Morgan fingerprint density at radius 1 is 1.09 bits per heavy atom. The van der Waals surface area contributed by atoms with Crippen LogP contribution in [0.25, 0.3) is 0 Å². The van der Waals surface area contributed by atoms with Gasteiger partial charge in [0.2, 0.25) is 11.8 Å². The number of nitrogens with zero attached hydrogens (tertiary/aromatic N) is 1. The second kappa shape index (κ2) is 8.73. The predicted molar refractivity (Wildman–Crippen MR) is 130 cm³/mol. The van der Waals surface area contributed by atoms with Gasteiger partial charge in [0.1, 0.15) is 16.7 Å². The van der Waals surface area contributed by atoms with Gasteiger partial charge in [-0.25, -0.2) is 4.79 Å². The summed E-state index contributed by atoms with van der Waals surface area (Å²) >= 11 is 0. The minimum absolute atomic E-state index is 0.0934. The molecule has 0 saturated heterocycles. The number of hydrogen-bond acceptors (Lipinski definition) is 6. The van der Waals surface area contributed by atoms with Crippen LogP contribution in [0.3, 0.4) is 0 Å². The summed E-state index contributed by atoms with van der Waals surface area (Å²) in [5.41, 5.74) is 7.03. The first-order valence-electron chi connectivity index (χ1n) is 12.0. The quantitative estimate of drug-likeness (QED) is 0.664. The second-order valence-corrected chi connectivity index (χ2v) is 9.02. The van der Waals surface area contributed by atoms with Gasteiger partial charge in [0, 0.05) is 30.6 Å². The summed E-state index contributed by atoms with van der Waals surface area (Å²) in [6.07, 6.45) is 1.30. The highest BCUT2D eigenvalue weighted by molar-refractivity contribution is 6.23. The molecule has 0 radical (unpaired) electrons. The minimum Gasteiger partial charge on any atom is -0.462 e. The average molecular weight is 473 g/mol. The van der Waals surface area contributed by atoms with Crippen molar-refractivity contribution in [3.05, 3.63) is 88.5 Å². The van der Waals surface area contributed by atoms with Gasteiger partial charge in [0.25, 0.3) is 0 Å². The first kappa shape index (κ1) is 22.9. The van der Waals surface area contributed by atoms with Crippen LogP contribution in [0.2, 0.25) is 0 Å². The van der Waals surface area contributed by atoms with Gasteiger partial charge in [-0.1, -0.05) is 55.5 Å². The van der Waals surface area contributed by atoms with Gasteiger partial charge >= 0.3 is 5.97 Å². The van der Waals surface area contributed by atoms with Crippen LogP contribution in [-0.4, -0.2) is 30.8 Å². The number of Topliss-reactive ketones (excluding diaryl/α,β-unsaturated/α-hetero) is 1. The van der Waals surface area contributed by atoms with Crippen LogP contribution in [-0.2, 0) is 29.3 Å². The van der Waals surface area contributed by atoms with Crippen LogP contribution in [0.5, 0.6) is 0 Å². The van der Waals surface area contributed by atoms with Crippen molar-refractivity contribution in [2.75, 3.05) is 18.1 Å². The standard InChI is InChI=1S/C28H28N2O5/c1-3-14-30-20-13-9-8-12-19(20)28(27(30)33)23-21(31)15-18(17-10-6-5-7-11-17)16-22(23)35-25(29)24(28)26(32)34-4-2/h5-13,18H,3-4,14-16,29H2,1-2H3/t18-,28+/m1/s1. The number of allylic oxidation sites excluding steroid dienone is 1.